The van der Waals surface area contributed by atoms with Crippen molar-refractivity contribution in [2.45, 2.75) is 40.0 Å². The van der Waals surface area contributed by atoms with Crippen LogP contribution in [0.3, 0.4) is 0 Å². The van der Waals surface area contributed by atoms with E-state index in [0.29, 0.717) is 35.1 Å². The monoisotopic (exact) mass is 405 g/mol. The van der Waals surface area contributed by atoms with E-state index in [9.17, 15) is 4.39 Å². The van der Waals surface area contributed by atoms with Gasteiger partial charge < -0.3 is 9.64 Å². The third-order valence-corrected chi connectivity index (χ3v) is 5.64. The molecule has 1 saturated heterocycles. The van der Waals surface area contributed by atoms with Crippen LogP contribution in [-0.4, -0.2) is 40.7 Å². The lowest BCUT2D eigenvalue weighted by molar-refractivity contribution is 0.137. The topological polar surface area (TPSA) is 30.3 Å². The van der Waals surface area contributed by atoms with Crippen LogP contribution in [0.1, 0.15) is 38.8 Å². The van der Waals surface area contributed by atoms with Gasteiger partial charge in [0.25, 0.3) is 0 Å². The van der Waals surface area contributed by atoms with Crippen LogP contribution in [0.4, 0.5) is 4.39 Å². The fourth-order valence-corrected chi connectivity index (χ4v) is 3.73. The molecule has 28 heavy (non-hydrogen) atoms. The van der Waals surface area contributed by atoms with Crippen molar-refractivity contribution < 1.29 is 9.13 Å². The van der Waals surface area contributed by atoms with Gasteiger partial charge >= 0.3 is 6.01 Å². The van der Waals surface area contributed by atoms with Crippen molar-refractivity contribution in [1.29, 1.82) is 0 Å². The van der Waals surface area contributed by atoms with Crippen LogP contribution in [0.5, 0.6) is 6.01 Å². The van der Waals surface area contributed by atoms with Crippen molar-refractivity contribution in [2.75, 3.05) is 26.2 Å². The summed E-state index contributed by atoms with van der Waals surface area (Å²) in [5, 5.41) is 0.384. The first-order chi connectivity index (χ1) is 13.5. The highest BCUT2D eigenvalue weighted by Crippen LogP contribution is 2.29. The van der Waals surface area contributed by atoms with Crippen LogP contribution >= 0.6 is 11.6 Å². The van der Waals surface area contributed by atoms with E-state index in [2.05, 4.69) is 29.8 Å². The van der Waals surface area contributed by atoms with E-state index >= 15 is 0 Å². The normalized spacial score (nSPS) is 15.6. The van der Waals surface area contributed by atoms with Crippen LogP contribution in [0.15, 0.2) is 35.9 Å². The van der Waals surface area contributed by atoms with Gasteiger partial charge in [-0.05, 0) is 71.2 Å². The highest BCUT2D eigenvalue weighted by Gasteiger charge is 2.22. The Labute approximate surface area is 172 Å². The predicted molar refractivity (Wildman–Crippen MR) is 112 cm³/mol. The molecule has 6 heteroatoms. The Morgan fingerprint density at radius 3 is 2.68 bits per heavy atom. The molecule has 2 aromatic rings. The summed E-state index contributed by atoms with van der Waals surface area (Å²) in [6.07, 6.45) is 5.61. The van der Waals surface area contributed by atoms with E-state index < -0.39 is 0 Å². The molecule has 1 aromatic heterocycles. The summed E-state index contributed by atoms with van der Waals surface area (Å²) in [6, 6.07) is 6.88. The van der Waals surface area contributed by atoms with Gasteiger partial charge in [-0.3, -0.25) is 0 Å². The Hall–Kier alpha value is -1.85. The van der Waals surface area contributed by atoms with Gasteiger partial charge in [0.05, 0.1) is 18.0 Å². The minimum atomic E-state index is -0.351. The minimum absolute atomic E-state index is 0.351. The second-order valence-corrected chi connectivity index (χ2v) is 8.08. The number of piperidine rings is 1. The van der Waals surface area contributed by atoms with E-state index in [-0.39, 0.29) is 5.82 Å². The molecule has 0 amide bonds. The standard InChI is InChI=1S/C22H29ClFN3O/c1-16(2)7-6-12-26-13-10-18(11-14-26)15-28-22-25-17(3)21(23)27(22)20-9-5-4-8-19(20)24/h4-5,7-9,18H,6,10-15H2,1-3H3. The minimum Gasteiger partial charge on any atom is -0.464 e. The molecule has 1 aromatic carbocycles. The van der Waals surface area contributed by atoms with Crippen molar-refractivity contribution in [3.8, 4) is 11.7 Å². The quantitative estimate of drug-likeness (QED) is 0.576. The van der Waals surface area contributed by atoms with Crippen LogP contribution < -0.4 is 4.74 Å². The molecule has 1 fully saturated rings. The first-order valence-corrected chi connectivity index (χ1v) is 10.3. The molecule has 0 N–H and O–H groups in total. The Kier molecular flexibility index (Phi) is 7.13. The molecule has 1 aliphatic heterocycles. The third kappa shape index (κ3) is 5.15. The molecular formula is C22H29ClFN3O. The van der Waals surface area contributed by atoms with Gasteiger partial charge in [-0.15, -0.1) is 0 Å². The van der Waals surface area contributed by atoms with Crippen molar-refractivity contribution in [3.63, 3.8) is 0 Å². The summed E-state index contributed by atoms with van der Waals surface area (Å²) >= 11 is 6.37. The number of hydrogen-bond donors (Lipinski definition) is 0. The SMILES string of the molecule is CC(C)=CCCN1CCC(COc2nc(C)c(Cl)n2-c2ccccc2F)CC1. The first kappa shape index (κ1) is 20.9. The van der Waals surface area contributed by atoms with Crippen LogP contribution in [0, 0.1) is 18.7 Å². The number of rotatable bonds is 7. The van der Waals surface area contributed by atoms with Crippen LogP contribution in [0.2, 0.25) is 5.15 Å². The molecule has 0 aliphatic carbocycles. The molecule has 152 valence electrons. The molecule has 0 atom stereocenters. The first-order valence-electron chi connectivity index (χ1n) is 9.94. The highest BCUT2D eigenvalue weighted by molar-refractivity contribution is 6.30. The van der Waals surface area contributed by atoms with Gasteiger partial charge in [0, 0.05) is 6.54 Å². The largest absolute Gasteiger partial charge is 0.464 e. The maximum atomic E-state index is 14.3. The molecule has 2 heterocycles. The third-order valence-electron chi connectivity index (χ3n) is 5.20. The number of benzene rings is 1. The Balaban J connectivity index is 1.58. The summed E-state index contributed by atoms with van der Waals surface area (Å²) in [5.41, 5.74) is 2.37. The molecule has 0 radical (unpaired) electrons. The second-order valence-electron chi connectivity index (χ2n) is 7.72. The zero-order valence-corrected chi connectivity index (χ0v) is 17.7. The number of allylic oxidation sites excluding steroid dienone is 1. The molecule has 0 saturated carbocycles. The summed E-state index contributed by atoms with van der Waals surface area (Å²) in [5.74, 6) is 0.126. The average Bonchev–Trinajstić information content (AvgIpc) is 2.95. The molecule has 0 unspecified atom stereocenters. The van der Waals surface area contributed by atoms with E-state index in [0.717, 1.165) is 38.9 Å². The van der Waals surface area contributed by atoms with E-state index in [1.807, 2.05) is 0 Å². The molecule has 0 bridgehead atoms. The molecular weight excluding hydrogens is 377 g/mol. The number of ether oxygens (including phenoxy) is 1. The molecule has 1 aliphatic rings. The van der Waals surface area contributed by atoms with Crippen LogP contribution in [-0.2, 0) is 0 Å². The lowest BCUT2D eigenvalue weighted by atomic mass is 9.98. The number of aromatic nitrogens is 2. The van der Waals surface area contributed by atoms with E-state index in [4.69, 9.17) is 16.3 Å². The van der Waals surface area contributed by atoms with E-state index in [1.165, 1.54) is 11.6 Å². The zero-order chi connectivity index (χ0) is 20.1. The summed E-state index contributed by atoms with van der Waals surface area (Å²) in [4.78, 5) is 6.92. The van der Waals surface area contributed by atoms with E-state index in [1.54, 1.807) is 29.7 Å². The Morgan fingerprint density at radius 2 is 2.00 bits per heavy atom. The van der Waals surface area contributed by atoms with Gasteiger partial charge in [-0.1, -0.05) is 35.4 Å². The summed E-state index contributed by atoms with van der Waals surface area (Å²) < 4.78 is 21.8. The number of hydrogen-bond acceptors (Lipinski definition) is 3. The lowest BCUT2D eigenvalue weighted by Gasteiger charge is -2.31. The van der Waals surface area contributed by atoms with Crippen molar-refractivity contribution in [3.05, 3.63) is 52.6 Å². The van der Waals surface area contributed by atoms with Gasteiger partial charge in [0.2, 0.25) is 0 Å². The smallest absolute Gasteiger partial charge is 0.302 e. The predicted octanol–water partition coefficient (Wildman–Crippen LogP) is 5.42. The van der Waals surface area contributed by atoms with Gasteiger partial charge in [0.1, 0.15) is 11.0 Å². The maximum absolute atomic E-state index is 14.3. The van der Waals surface area contributed by atoms with Crippen molar-refractivity contribution >= 4 is 11.6 Å². The molecule has 0 spiro atoms. The summed E-state index contributed by atoms with van der Waals surface area (Å²) in [6.45, 7) is 9.95. The fraction of sp³-hybridized carbons (Fsp3) is 0.500. The summed E-state index contributed by atoms with van der Waals surface area (Å²) in [7, 11) is 0. The van der Waals surface area contributed by atoms with Gasteiger partial charge in [0.15, 0.2) is 0 Å². The highest BCUT2D eigenvalue weighted by atomic mass is 35.5. The van der Waals surface area contributed by atoms with Crippen LogP contribution in [0.25, 0.3) is 5.69 Å². The number of para-hydroxylation sites is 1. The number of likely N-dealkylation sites (tertiary alicyclic amines) is 1. The Morgan fingerprint density at radius 1 is 1.29 bits per heavy atom. The second kappa shape index (κ2) is 9.57. The average molecular weight is 406 g/mol. The number of nitrogens with zero attached hydrogens (tertiary/aromatic N) is 3. The fourth-order valence-electron chi connectivity index (χ4n) is 3.53. The van der Waals surface area contributed by atoms with Gasteiger partial charge in [-0.25, -0.2) is 8.96 Å². The zero-order valence-electron chi connectivity index (χ0n) is 16.9. The van der Waals surface area contributed by atoms with Crippen molar-refractivity contribution in [1.82, 2.24) is 14.5 Å². The number of halogens is 2. The Bertz CT molecular complexity index is 821. The number of aryl methyl sites for hydroxylation is 1. The molecule has 4 nitrogen and oxygen atoms in total. The maximum Gasteiger partial charge on any atom is 0.302 e. The van der Waals surface area contributed by atoms with Crippen molar-refractivity contribution in [2.24, 2.45) is 5.92 Å². The molecule has 3 rings (SSSR count). The lowest BCUT2D eigenvalue weighted by Crippen LogP contribution is -2.36. The van der Waals surface area contributed by atoms with Gasteiger partial charge in [-0.2, -0.15) is 4.98 Å². The number of imidazole rings is 1.